The molecule has 0 unspecified atom stereocenters. The van der Waals surface area contributed by atoms with Crippen molar-refractivity contribution in [3.8, 4) is 0 Å². The van der Waals surface area contributed by atoms with Crippen LogP contribution >= 0.6 is 0 Å². The van der Waals surface area contributed by atoms with Crippen LogP contribution in [-0.2, 0) is 16.1 Å². The van der Waals surface area contributed by atoms with Crippen molar-refractivity contribution >= 4 is 28.1 Å². The summed E-state index contributed by atoms with van der Waals surface area (Å²) in [5.74, 6) is -0.396. The van der Waals surface area contributed by atoms with E-state index in [4.69, 9.17) is 4.74 Å². The summed E-state index contributed by atoms with van der Waals surface area (Å²) in [5, 5.41) is 5.80. The number of ether oxygens (including phenoxy) is 1. The molecule has 2 aromatic carbocycles. The predicted molar refractivity (Wildman–Crippen MR) is 107 cm³/mol. The Morgan fingerprint density at radius 3 is 2.39 bits per heavy atom. The van der Waals surface area contributed by atoms with Crippen LogP contribution in [0.3, 0.4) is 0 Å². The lowest BCUT2D eigenvalue weighted by molar-refractivity contribution is -0.117. The van der Waals surface area contributed by atoms with Crippen LogP contribution in [-0.4, -0.2) is 42.0 Å². The Bertz CT molecular complexity index is 1110. The summed E-state index contributed by atoms with van der Waals surface area (Å²) >= 11 is 0. The minimum atomic E-state index is -0.409. The molecule has 0 saturated carbocycles. The van der Waals surface area contributed by atoms with Gasteiger partial charge in [0.05, 0.1) is 24.0 Å². The quantitative estimate of drug-likeness (QED) is 0.708. The van der Waals surface area contributed by atoms with E-state index >= 15 is 0 Å². The van der Waals surface area contributed by atoms with Crippen LogP contribution in [0.2, 0.25) is 0 Å². The fourth-order valence-corrected chi connectivity index (χ4v) is 3.28. The minimum Gasteiger partial charge on any atom is -0.378 e. The molecule has 1 amide bonds. The summed E-state index contributed by atoms with van der Waals surface area (Å²) in [7, 11) is 0. The Morgan fingerprint density at radius 2 is 1.68 bits per heavy atom. The van der Waals surface area contributed by atoms with Crippen molar-refractivity contribution in [2.75, 3.05) is 36.5 Å². The van der Waals surface area contributed by atoms with Gasteiger partial charge < -0.3 is 15.0 Å². The molecule has 1 saturated heterocycles. The molecule has 0 radical (unpaired) electrons. The predicted octanol–water partition coefficient (Wildman–Crippen LogP) is 1.17. The normalized spacial score (nSPS) is 14.2. The van der Waals surface area contributed by atoms with Gasteiger partial charge in [-0.15, -0.1) is 0 Å². The molecule has 1 fully saturated rings. The highest BCUT2D eigenvalue weighted by atomic mass is 16.5. The number of benzene rings is 2. The highest BCUT2D eigenvalue weighted by molar-refractivity contribution is 5.91. The zero-order chi connectivity index (χ0) is 19.5. The van der Waals surface area contributed by atoms with Gasteiger partial charge >= 0.3 is 0 Å². The third-order valence-corrected chi connectivity index (χ3v) is 4.71. The first kappa shape index (κ1) is 18.0. The molecule has 28 heavy (non-hydrogen) atoms. The number of nitrogens with zero attached hydrogens (tertiary/aromatic N) is 2. The molecule has 1 aromatic heterocycles. The number of hydrogen-bond donors (Lipinski definition) is 2. The summed E-state index contributed by atoms with van der Waals surface area (Å²) in [6, 6.07) is 14.0. The third-order valence-electron chi connectivity index (χ3n) is 4.71. The summed E-state index contributed by atoms with van der Waals surface area (Å²) < 4.78 is 6.38. The number of carbonyl (C=O) groups excluding carboxylic acids is 1. The first-order valence-electron chi connectivity index (χ1n) is 9.06. The molecule has 2 N–H and O–H groups in total. The van der Waals surface area contributed by atoms with Gasteiger partial charge in [-0.25, -0.2) is 4.68 Å². The van der Waals surface area contributed by atoms with Gasteiger partial charge in [0, 0.05) is 24.5 Å². The maximum absolute atomic E-state index is 12.5. The molecule has 2 heterocycles. The van der Waals surface area contributed by atoms with Gasteiger partial charge in [-0.2, -0.15) is 0 Å². The zero-order valence-electron chi connectivity index (χ0n) is 15.2. The van der Waals surface area contributed by atoms with E-state index in [1.165, 1.54) is 0 Å². The summed E-state index contributed by atoms with van der Waals surface area (Å²) in [6.45, 7) is 2.81. The van der Waals surface area contributed by atoms with E-state index in [1.807, 2.05) is 24.3 Å². The van der Waals surface area contributed by atoms with Gasteiger partial charge in [-0.3, -0.25) is 19.5 Å². The van der Waals surface area contributed by atoms with Crippen molar-refractivity contribution in [2.45, 2.75) is 6.54 Å². The maximum Gasteiger partial charge on any atom is 0.273 e. The highest BCUT2D eigenvalue weighted by Gasteiger charge is 2.12. The summed E-state index contributed by atoms with van der Waals surface area (Å²) in [6.07, 6.45) is 0. The molecule has 4 rings (SSSR count). The lowest BCUT2D eigenvalue weighted by atomic mass is 10.2. The number of amides is 1. The van der Waals surface area contributed by atoms with Crippen molar-refractivity contribution in [1.29, 1.82) is 0 Å². The third kappa shape index (κ3) is 3.67. The second kappa shape index (κ2) is 7.69. The SMILES string of the molecule is O=C(Cn1[nH]c(=O)c2ccccc2c1=O)Nc1ccc(N2CCOCC2)cc1. The van der Waals surface area contributed by atoms with Crippen molar-refractivity contribution in [1.82, 2.24) is 9.78 Å². The Balaban J connectivity index is 1.47. The van der Waals surface area contributed by atoms with Crippen LogP contribution in [0.1, 0.15) is 0 Å². The van der Waals surface area contributed by atoms with Gasteiger partial charge in [0.15, 0.2) is 0 Å². The number of H-pyrrole nitrogens is 1. The van der Waals surface area contributed by atoms with E-state index in [0.717, 1.165) is 23.5 Å². The van der Waals surface area contributed by atoms with Gasteiger partial charge in [-0.1, -0.05) is 12.1 Å². The smallest absolute Gasteiger partial charge is 0.273 e. The lowest BCUT2D eigenvalue weighted by Gasteiger charge is -2.28. The van der Waals surface area contributed by atoms with Gasteiger partial charge in [-0.05, 0) is 36.4 Å². The Labute approximate surface area is 160 Å². The molecular weight excluding hydrogens is 360 g/mol. The zero-order valence-corrected chi connectivity index (χ0v) is 15.2. The maximum atomic E-state index is 12.5. The largest absolute Gasteiger partial charge is 0.378 e. The van der Waals surface area contributed by atoms with Gasteiger partial charge in [0.1, 0.15) is 6.54 Å². The van der Waals surface area contributed by atoms with E-state index in [9.17, 15) is 14.4 Å². The van der Waals surface area contributed by atoms with Crippen LogP contribution in [0.15, 0.2) is 58.1 Å². The number of aromatic amines is 1. The van der Waals surface area contributed by atoms with E-state index in [2.05, 4.69) is 15.3 Å². The van der Waals surface area contributed by atoms with E-state index in [0.29, 0.717) is 24.3 Å². The van der Waals surface area contributed by atoms with Crippen LogP contribution in [0.25, 0.3) is 10.8 Å². The number of carbonyl (C=O) groups is 1. The molecule has 0 atom stereocenters. The number of anilines is 2. The van der Waals surface area contributed by atoms with Crippen molar-refractivity contribution in [3.63, 3.8) is 0 Å². The molecule has 8 nitrogen and oxygen atoms in total. The fraction of sp³-hybridized carbons (Fsp3) is 0.250. The monoisotopic (exact) mass is 380 g/mol. The van der Waals surface area contributed by atoms with Gasteiger partial charge in [0.25, 0.3) is 11.1 Å². The first-order valence-corrected chi connectivity index (χ1v) is 9.06. The van der Waals surface area contributed by atoms with E-state index in [-0.39, 0.29) is 11.9 Å². The number of fused-ring (bicyclic) bond motifs is 1. The molecule has 0 bridgehead atoms. The number of hydrogen-bond acceptors (Lipinski definition) is 5. The van der Waals surface area contributed by atoms with E-state index in [1.54, 1.807) is 24.3 Å². The van der Waals surface area contributed by atoms with Crippen molar-refractivity contribution in [2.24, 2.45) is 0 Å². The molecular formula is C20H20N4O4. The molecule has 0 spiro atoms. The van der Waals surface area contributed by atoms with Crippen LogP contribution in [0.4, 0.5) is 11.4 Å². The second-order valence-electron chi connectivity index (χ2n) is 6.57. The second-order valence-corrected chi connectivity index (χ2v) is 6.57. The van der Waals surface area contributed by atoms with Crippen molar-refractivity contribution < 1.29 is 9.53 Å². The number of rotatable bonds is 4. The Hall–Kier alpha value is -3.39. The fourth-order valence-electron chi connectivity index (χ4n) is 3.28. The Kier molecular flexibility index (Phi) is 4.94. The number of morpholine rings is 1. The molecule has 0 aliphatic carbocycles. The van der Waals surface area contributed by atoms with E-state index < -0.39 is 17.0 Å². The number of aromatic nitrogens is 2. The molecule has 1 aliphatic heterocycles. The van der Waals surface area contributed by atoms with Crippen molar-refractivity contribution in [3.05, 3.63) is 69.2 Å². The van der Waals surface area contributed by atoms with Crippen LogP contribution in [0.5, 0.6) is 0 Å². The molecule has 8 heteroatoms. The summed E-state index contributed by atoms with van der Waals surface area (Å²) in [4.78, 5) is 39.2. The topological polar surface area (TPSA) is 96.4 Å². The van der Waals surface area contributed by atoms with Crippen LogP contribution in [0, 0.1) is 0 Å². The number of nitrogens with one attached hydrogen (secondary N) is 2. The van der Waals surface area contributed by atoms with Crippen LogP contribution < -0.4 is 21.3 Å². The average Bonchev–Trinajstić information content (AvgIpc) is 2.73. The molecule has 3 aromatic rings. The summed E-state index contributed by atoms with van der Waals surface area (Å²) in [5.41, 5.74) is 0.875. The standard InChI is InChI=1S/C20H20N4O4/c25-18(13-24-20(27)17-4-2-1-3-16(17)19(26)22-24)21-14-5-7-15(8-6-14)23-9-11-28-12-10-23/h1-8H,9-13H2,(H,21,25)(H,22,26). The minimum absolute atomic E-state index is 0.274. The highest BCUT2D eigenvalue weighted by Crippen LogP contribution is 2.19. The molecule has 1 aliphatic rings. The Morgan fingerprint density at radius 1 is 1.00 bits per heavy atom. The van der Waals surface area contributed by atoms with Gasteiger partial charge in [0.2, 0.25) is 5.91 Å². The average molecular weight is 380 g/mol. The molecule has 144 valence electrons. The lowest BCUT2D eigenvalue weighted by Crippen LogP contribution is -2.36. The first-order chi connectivity index (χ1) is 13.6.